The molecule has 19 heavy (non-hydrogen) atoms. The first kappa shape index (κ1) is 13.9. The van der Waals surface area contributed by atoms with E-state index in [1.807, 2.05) is 6.92 Å². The topological polar surface area (TPSA) is 62.4 Å². The summed E-state index contributed by atoms with van der Waals surface area (Å²) in [6.45, 7) is 2.79. The van der Waals surface area contributed by atoms with Gasteiger partial charge in [0.25, 0.3) is 0 Å². The number of alkyl halides is 3. The lowest BCUT2D eigenvalue weighted by Gasteiger charge is -2.35. The molecule has 1 fully saturated rings. The summed E-state index contributed by atoms with van der Waals surface area (Å²) in [5.41, 5.74) is 4.64. The van der Waals surface area contributed by atoms with Crippen LogP contribution in [0.4, 0.5) is 24.8 Å². The Morgan fingerprint density at radius 3 is 2.68 bits per heavy atom. The Hall–Kier alpha value is -1.50. The lowest BCUT2D eigenvalue weighted by Crippen LogP contribution is -2.42. The summed E-state index contributed by atoms with van der Waals surface area (Å²) in [6.07, 6.45) is -4.34. The molecule has 3 N–H and O–H groups in total. The zero-order valence-corrected chi connectivity index (χ0v) is 10.5. The first-order valence-electron chi connectivity index (χ1n) is 6.05. The molecule has 1 aromatic rings. The largest absolute Gasteiger partial charge is 0.416 e. The zero-order chi connectivity index (χ0) is 14.2. The summed E-state index contributed by atoms with van der Waals surface area (Å²) < 4.78 is 38.1. The van der Waals surface area contributed by atoms with Gasteiger partial charge in [0.15, 0.2) is 0 Å². The van der Waals surface area contributed by atoms with Crippen LogP contribution < -0.4 is 10.6 Å². The van der Waals surface area contributed by atoms with Crippen LogP contribution in [-0.2, 0) is 6.18 Å². The number of hydrogen-bond donors (Lipinski definition) is 2. The maximum atomic E-state index is 12.7. The average Bonchev–Trinajstić information content (AvgIpc) is 2.31. The fourth-order valence-corrected chi connectivity index (χ4v) is 2.20. The maximum absolute atomic E-state index is 12.7. The number of nitrogens with zero attached hydrogens (tertiary/aromatic N) is 2. The van der Waals surface area contributed by atoms with Crippen LogP contribution in [-0.4, -0.2) is 29.3 Å². The molecule has 1 saturated heterocycles. The maximum Gasteiger partial charge on any atom is 0.416 e. The van der Waals surface area contributed by atoms with E-state index in [4.69, 9.17) is 5.73 Å². The Balaban J connectivity index is 2.28. The number of hydrogen-bond acceptors (Lipinski definition) is 4. The van der Waals surface area contributed by atoms with Crippen molar-refractivity contribution in [1.82, 2.24) is 4.98 Å². The van der Waals surface area contributed by atoms with Crippen molar-refractivity contribution in [3.05, 3.63) is 17.7 Å². The minimum Gasteiger partial charge on any atom is -0.393 e. The lowest BCUT2D eigenvalue weighted by atomic mass is 9.97. The highest BCUT2D eigenvalue weighted by molar-refractivity contribution is 5.49. The molecule has 0 amide bonds. The van der Waals surface area contributed by atoms with E-state index in [0.717, 1.165) is 12.1 Å². The molecule has 4 nitrogen and oxygen atoms in total. The predicted molar refractivity (Wildman–Crippen MR) is 65.7 cm³/mol. The summed E-state index contributed by atoms with van der Waals surface area (Å²) in [6, 6.07) is 1.83. The summed E-state index contributed by atoms with van der Waals surface area (Å²) in [5.74, 6) is 0.0565. The van der Waals surface area contributed by atoms with Crippen molar-refractivity contribution in [1.29, 1.82) is 0 Å². The van der Waals surface area contributed by atoms with Crippen LogP contribution in [0.2, 0.25) is 0 Å². The van der Waals surface area contributed by atoms with Crippen LogP contribution in [0.15, 0.2) is 12.1 Å². The fourth-order valence-electron chi connectivity index (χ4n) is 2.20. The normalized spacial score (nSPS) is 24.6. The van der Waals surface area contributed by atoms with Crippen LogP contribution in [0.3, 0.4) is 0 Å². The Morgan fingerprint density at radius 2 is 2.11 bits per heavy atom. The second-order valence-electron chi connectivity index (χ2n) is 4.92. The van der Waals surface area contributed by atoms with Gasteiger partial charge in [0.1, 0.15) is 11.6 Å². The van der Waals surface area contributed by atoms with E-state index in [9.17, 15) is 18.3 Å². The van der Waals surface area contributed by atoms with E-state index in [0.29, 0.717) is 19.5 Å². The SMILES string of the molecule is CC1CN(c2cc(C(F)(F)F)cc(N)n2)CCC1O. The minimum atomic E-state index is -4.44. The highest BCUT2D eigenvalue weighted by Crippen LogP contribution is 2.33. The van der Waals surface area contributed by atoms with Crippen molar-refractivity contribution in [2.45, 2.75) is 25.6 Å². The van der Waals surface area contributed by atoms with E-state index < -0.39 is 17.8 Å². The molecule has 1 aromatic heterocycles. The van der Waals surface area contributed by atoms with Gasteiger partial charge >= 0.3 is 6.18 Å². The van der Waals surface area contributed by atoms with Gasteiger partial charge in [-0.1, -0.05) is 6.92 Å². The molecular weight excluding hydrogens is 259 g/mol. The van der Waals surface area contributed by atoms with Gasteiger partial charge in [-0.05, 0) is 24.5 Å². The molecule has 1 aliphatic heterocycles. The molecule has 2 atom stereocenters. The number of rotatable bonds is 1. The van der Waals surface area contributed by atoms with Crippen LogP contribution in [0, 0.1) is 5.92 Å². The minimum absolute atomic E-state index is 0.00804. The number of aliphatic hydroxyl groups is 1. The quantitative estimate of drug-likeness (QED) is 0.821. The van der Waals surface area contributed by atoms with Gasteiger partial charge in [0.2, 0.25) is 0 Å². The number of anilines is 2. The van der Waals surface area contributed by atoms with Gasteiger partial charge in [0.05, 0.1) is 11.7 Å². The van der Waals surface area contributed by atoms with E-state index >= 15 is 0 Å². The smallest absolute Gasteiger partial charge is 0.393 e. The summed E-state index contributed by atoms with van der Waals surface area (Å²) >= 11 is 0. The summed E-state index contributed by atoms with van der Waals surface area (Å²) in [5, 5.41) is 9.63. The van der Waals surface area contributed by atoms with Crippen molar-refractivity contribution in [3.63, 3.8) is 0 Å². The van der Waals surface area contributed by atoms with E-state index in [2.05, 4.69) is 4.98 Å². The van der Waals surface area contributed by atoms with Crippen molar-refractivity contribution in [2.24, 2.45) is 5.92 Å². The molecule has 0 aromatic carbocycles. The van der Waals surface area contributed by atoms with Crippen molar-refractivity contribution >= 4 is 11.6 Å². The molecule has 0 spiro atoms. The van der Waals surface area contributed by atoms with E-state index in [-0.39, 0.29) is 17.6 Å². The molecule has 0 radical (unpaired) electrons. The Bertz CT molecular complexity index is 464. The molecule has 0 aliphatic carbocycles. The van der Waals surface area contributed by atoms with Crippen molar-refractivity contribution in [2.75, 3.05) is 23.7 Å². The van der Waals surface area contributed by atoms with Crippen LogP contribution >= 0.6 is 0 Å². The second-order valence-corrected chi connectivity index (χ2v) is 4.92. The number of nitrogens with two attached hydrogens (primary N) is 1. The molecule has 1 aliphatic rings. The van der Waals surface area contributed by atoms with Gasteiger partial charge < -0.3 is 15.7 Å². The number of aliphatic hydroxyl groups excluding tert-OH is 1. The summed E-state index contributed by atoms with van der Waals surface area (Å²) in [4.78, 5) is 5.68. The van der Waals surface area contributed by atoms with Gasteiger partial charge in [0, 0.05) is 13.1 Å². The summed E-state index contributed by atoms with van der Waals surface area (Å²) in [7, 11) is 0. The first-order valence-corrected chi connectivity index (χ1v) is 6.05. The zero-order valence-electron chi connectivity index (χ0n) is 10.5. The molecule has 0 bridgehead atoms. The number of nitrogen functional groups attached to an aromatic ring is 1. The molecule has 0 saturated carbocycles. The third-order valence-corrected chi connectivity index (χ3v) is 3.34. The molecule has 2 heterocycles. The van der Waals surface area contributed by atoms with Gasteiger partial charge in [-0.2, -0.15) is 13.2 Å². The monoisotopic (exact) mass is 275 g/mol. The van der Waals surface area contributed by atoms with Gasteiger partial charge in [-0.3, -0.25) is 0 Å². The Morgan fingerprint density at radius 1 is 1.42 bits per heavy atom. The van der Waals surface area contributed by atoms with Crippen LogP contribution in [0.25, 0.3) is 0 Å². The fraction of sp³-hybridized carbons (Fsp3) is 0.583. The highest BCUT2D eigenvalue weighted by Gasteiger charge is 2.33. The molecule has 7 heteroatoms. The molecular formula is C12H16F3N3O. The third kappa shape index (κ3) is 3.09. The van der Waals surface area contributed by atoms with Crippen LogP contribution in [0.5, 0.6) is 0 Å². The molecule has 2 rings (SSSR count). The molecule has 106 valence electrons. The number of aromatic nitrogens is 1. The number of halogens is 3. The van der Waals surface area contributed by atoms with Crippen molar-refractivity contribution in [3.8, 4) is 0 Å². The molecule has 2 unspecified atom stereocenters. The van der Waals surface area contributed by atoms with E-state index in [1.165, 1.54) is 0 Å². The van der Waals surface area contributed by atoms with E-state index in [1.54, 1.807) is 4.90 Å². The Kier molecular flexibility index (Phi) is 3.58. The number of piperidine rings is 1. The highest BCUT2D eigenvalue weighted by atomic mass is 19.4. The lowest BCUT2D eigenvalue weighted by molar-refractivity contribution is -0.137. The van der Waals surface area contributed by atoms with Gasteiger partial charge in [-0.15, -0.1) is 0 Å². The van der Waals surface area contributed by atoms with Crippen molar-refractivity contribution < 1.29 is 18.3 Å². The second kappa shape index (κ2) is 4.88. The van der Waals surface area contributed by atoms with Gasteiger partial charge in [-0.25, -0.2) is 4.98 Å². The standard InChI is InChI=1S/C12H16F3N3O/c1-7-6-18(3-2-9(7)19)11-5-8(12(13,14)15)4-10(16)17-11/h4-5,7,9,19H,2-3,6H2,1H3,(H2,16,17). The van der Waals surface area contributed by atoms with Crippen LogP contribution in [0.1, 0.15) is 18.9 Å². The average molecular weight is 275 g/mol. The third-order valence-electron chi connectivity index (χ3n) is 3.34. The number of pyridine rings is 1. The predicted octanol–water partition coefficient (Wildman–Crippen LogP) is 1.89. The Labute approximate surface area is 109 Å². The first-order chi connectivity index (χ1) is 8.77.